The molecule has 58 heavy (non-hydrogen) atoms. The molecule has 1 saturated carbocycles. The predicted octanol–water partition coefficient (Wildman–Crippen LogP) is 2.74. The van der Waals surface area contributed by atoms with Crippen LogP contribution in [0.1, 0.15) is 61.9 Å². The minimum absolute atomic E-state index is 0.127. The van der Waals surface area contributed by atoms with Crippen molar-refractivity contribution in [3.8, 4) is 5.75 Å². The predicted molar refractivity (Wildman–Crippen MR) is 211 cm³/mol. The second-order valence-corrected chi connectivity index (χ2v) is 17.2. The first-order valence-corrected chi connectivity index (χ1v) is 20.3. The number of anilines is 1. The summed E-state index contributed by atoms with van der Waals surface area (Å²) in [6.07, 6.45) is 4.72. The third-order valence-corrected chi connectivity index (χ3v) is 14.7. The van der Waals surface area contributed by atoms with Crippen molar-refractivity contribution in [1.29, 1.82) is 0 Å². The lowest BCUT2D eigenvalue weighted by atomic mass is 9.47. The molecule has 1 aliphatic carbocycles. The van der Waals surface area contributed by atoms with E-state index in [0.29, 0.717) is 93.1 Å². The van der Waals surface area contributed by atoms with E-state index >= 15 is 4.79 Å². The fraction of sp³-hybridized carbons (Fsp3) is 0.545. The number of amides is 1. The second-order valence-electron chi connectivity index (χ2n) is 17.2. The van der Waals surface area contributed by atoms with Crippen LogP contribution in [0.5, 0.6) is 5.75 Å². The Kier molecular flexibility index (Phi) is 9.12. The Morgan fingerprint density at radius 2 is 1.79 bits per heavy atom. The molecule has 1 aromatic heterocycles. The van der Waals surface area contributed by atoms with E-state index in [-0.39, 0.29) is 12.3 Å². The van der Waals surface area contributed by atoms with Crippen molar-refractivity contribution in [2.24, 2.45) is 11.3 Å². The number of aromatic amines is 1. The zero-order valence-electron chi connectivity index (χ0n) is 33.7. The van der Waals surface area contributed by atoms with Gasteiger partial charge < -0.3 is 43.9 Å². The van der Waals surface area contributed by atoms with Crippen molar-refractivity contribution in [2.45, 2.75) is 86.7 Å². The smallest absolute Gasteiger partial charge is 0.344 e. The Morgan fingerprint density at radius 1 is 1.02 bits per heavy atom. The number of fused-ring (bicyclic) bond motifs is 6. The van der Waals surface area contributed by atoms with Gasteiger partial charge in [-0.25, -0.2) is 4.79 Å². The minimum Gasteiger partial charge on any atom is -0.496 e. The summed E-state index contributed by atoms with van der Waals surface area (Å²) in [7, 11) is 4.07. The Labute approximate surface area is 337 Å². The Balaban J connectivity index is 1.38. The molecule has 14 heteroatoms. The maximum atomic E-state index is 15.2. The molecular weight excluding hydrogens is 745 g/mol. The lowest BCUT2D eigenvalue weighted by Gasteiger charge is -2.63. The maximum absolute atomic E-state index is 15.2. The topological polar surface area (TPSA) is 171 Å². The van der Waals surface area contributed by atoms with E-state index in [1.54, 1.807) is 6.07 Å². The fourth-order valence-electron chi connectivity index (χ4n) is 12.9. The van der Waals surface area contributed by atoms with E-state index in [1.807, 2.05) is 43.3 Å². The van der Waals surface area contributed by atoms with Crippen LogP contribution >= 0.6 is 0 Å². The molecule has 3 N–H and O–H groups in total. The number of benzene rings is 2. The van der Waals surface area contributed by atoms with Gasteiger partial charge >= 0.3 is 17.9 Å². The summed E-state index contributed by atoms with van der Waals surface area (Å²) >= 11 is 0. The van der Waals surface area contributed by atoms with Crippen LogP contribution in [-0.2, 0) is 50.6 Å². The number of para-hydroxylation sites is 1. The maximum Gasteiger partial charge on any atom is 0.344 e. The van der Waals surface area contributed by atoms with Crippen molar-refractivity contribution in [1.82, 2.24) is 14.8 Å². The highest BCUT2D eigenvalue weighted by Crippen LogP contribution is 2.68. The molecule has 3 fully saturated rings. The zero-order valence-corrected chi connectivity index (χ0v) is 33.7. The summed E-state index contributed by atoms with van der Waals surface area (Å²) in [5.74, 6) is -2.04. The third kappa shape index (κ3) is 4.91. The van der Waals surface area contributed by atoms with Crippen molar-refractivity contribution >= 4 is 40.9 Å². The second kappa shape index (κ2) is 13.7. The largest absolute Gasteiger partial charge is 0.496 e. The zero-order chi connectivity index (χ0) is 40.9. The van der Waals surface area contributed by atoms with Crippen LogP contribution in [-0.4, -0.2) is 133 Å². The number of nitrogens with zero attached hydrogens (tertiary/aromatic N) is 3. The van der Waals surface area contributed by atoms with Gasteiger partial charge in [-0.1, -0.05) is 37.3 Å². The number of hydrogen-bond acceptors (Lipinski definition) is 12. The summed E-state index contributed by atoms with van der Waals surface area (Å²) in [6, 6.07) is 9.94. The number of piperidine rings is 1. The molecule has 2 bridgehead atoms. The molecule has 1 spiro atoms. The van der Waals surface area contributed by atoms with Crippen LogP contribution in [0.25, 0.3) is 10.9 Å². The Morgan fingerprint density at radius 3 is 2.50 bits per heavy atom. The highest BCUT2D eigenvalue weighted by Gasteiger charge is 2.81. The van der Waals surface area contributed by atoms with Gasteiger partial charge in [0.1, 0.15) is 11.2 Å². The van der Waals surface area contributed by atoms with Gasteiger partial charge in [0, 0.05) is 78.2 Å². The van der Waals surface area contributed by atoms with Crippen LogP contribution in [0.4, 0.5) is 5.69 Å². The molecule has 6 aliphatic rings. The Hall–Kier alpha value is -4.76. The van der Waals surface area contributed by atoms with Crippen LogP contribution in [0, 0.1) is 11.3 Å². The van der Waals surface area contributed by atoms with Crippen LogP contribution in [0.15, 0.2) is 48.6 Å². The molecule has 2 saturated heterocycles. The van der Waals surface area contributed by atoms with Gasteiger partial charge in [-0.15, -0.1) is 0 Å². The van der Waals surface area contributed by atoms with E-state index in [1.165, 1.54) is 33.2 Å². The van der Waals surface area contributed by atoms with Crippen molar-refractivity contribution < 1.29 is 48.3 Å². The highest BCUT2D eigenvalue weighted by atomic mass is 16.6. The summed E-state index contributed by atoms with van der Waals surface area (Å²) in [5, 5.41) is 25.4. The molecule has 2 aromatic carbocycles. The molecule has 2 unspecified atom stereocenters. The lowest BCUT2D eigenvalue weighted by Crippen LogP contribution is -2.81. The normalized spacial score (nSPS) is 36.0. The average Bonchev–Trinajstić information content (AvgIpc) is 3.90. The lowest BCUT2D eigenvalue weighted by molar-refractivity contribution is -0.228. The first-order valence-electron chi connectivity index (χ1n) is 20.3. The van der Waals surface area contributed by atoms with Crippen LogP contribution < -0.4 is 9.64 Å². The van der Waals surface area contributed by atoms with Crippen molar-refractivity contribution in [3.63, 3.8) is 0 Å². The monoisotopic (exact) mass is 796 g/mol. The molecular formula is C44H52N4O10. The third-order valence-electron chi connectivity index (χ3n) is 14.7. The van der Waals surface area contributed by atoms with E-state index in [0.717, 1.165) is 16.5 Å². The number of hydrogen-bond donors (Lipinski definition) is 3. The minimum atomic E-state index is -2.53. The number of rotatable bonds is 7. The van der Waals surface area contributed by atoms with Crippen LogP contribution in [0.3, 0.4) is 0 Å². The molecule has 3 aromatic rings. The molecule has 1 amide bonds. The molecule has 6 heterocycles. The van der Waals surface area contributed by atoms with Gasteiger partial charge in [0.05, 0.1) is 39.2 Å². The summed E-state index contributed by atoms with van der Waals surface area (Å²) in [5.41, 5.74) is -2.15. The SMILES string of the molecule is CC[C@]12C=CCN3CCC4(c5cc([C@@]6(C(=O)OC)C[C@H]7C[C@H](O)CN(CCc8c6[nH]c6ccccc86)C7)c(OC)cc5N(C=O)[C@H]4[C@@](O)(C(=O)OC)[C@@H]1OC(C)=O)[C@@H]32. The summed E-state index contributed by atoms with van der Waals surface area (Å²) in [4.78, 5) is 65.8. The van der Waals surface area contributed by atoms with Gasteiger partial charge in [-0.3, -0.25) is 19.3 Å². The van der Waals surface area contributed by atoms with E-state index in [9.17, 15) is 24.6 Å². The number of H-pyrrole nitrogens is 1. The number of carbonyl (C=O) groups excluding carboxylic acids is 4. The first kappa shape index (κ1) is 38.7. The fourth-order valence-corrected chi connectivity index (χ4v) is 12.9. The van der Waals surface area contributed by atoms with Crippen LogP contribution in [0.2, 0.25) is 0 Å². The molecule has 308 valence electrons. The first-order chi connectivity index (χ1) is 27.9. The van der Waals surface area contributed by atoms with Gasteiger partial charge in [0.2, 0.25) is 12.0 Å². The van der Waals surface area contributed by atoms with Gasteiger partial charge in [-0.2, -0.15) is 0 Å². The number of aliphatic hydroxyl groups is 2. The number of nitrogens with one attached hydrogen (secondary N) is 1. The number of methoxy groups -OCH3 is 3. The van der Waals surface area contributed by atoms with Gasteiger partial charge in [-0.05, 0) is 67.8 Å². The quantitative estimate of drug-likeness (QED) is 0.139. The number of ether oxygens (including phenoxy) is 4. The number of carbonyl (C=O) groups is 4. The molecule has 10 atom stereocenters. The molecule has 0 radical (unpaired) electrons. The summed E-state index contributed by atoms with van der Waals surface area (Å²) < 4.78 is 23.6. The standard InChI is InChI=1S/C44H52N4O10/c1-6-41-13-9-15-47-17-14-42(36(41)47)30-19-31(34(55-3)20-33(30)48(24-49)37(42)44(54,40(53)57-5)38(41)58-25(2)50)43(39(52)56-4)21-26-18-27(51)23-46(22-26)16-12-29-28-10-7-8-11-32(28)45-35(29)43/h7-11,13,19-20,24,26-27,36-38,45,51,54H,6,12,14-18,21-23H2,1-5H3/t26-,27+,36+,37-,38-,41-,42?,43+,44+/m1/s1. The molecule has 9 rings (SSSR count). The molecule has 5 aliphatic heterocycles. The van der Waals surface area contributed by atoms with E-state index in [2.05, 4.69) is 20.9 Å². The van der Waals surface area contributed by atoms with E-state index < -0.39 is 64.0 Å². The number of aliphatic hydroxyl groups excluding tert-OH is 1. The van der Waals surface area contributed by atoms with E-state index in [4.69, 9.17) is 18.9 Å². The molecule has 14 nitrogen and oxygen atoms in total. The van der Waals surface area contributed by atoms with Gasteiger partial charge in [0.15, 0.2) is 6.10 Å². The van der Waals surface area contributed by atoms with Gasteiger partial charge in [0.25, 0.3) is 0 Å². The van der Waals surface area contributed by atoms with Crippen molar-refractivity contribution in [2.75, 3.05) is 59.0 Å². The number of esters is 3. The summed E-state index contributed by atoms with van der Waals surface area (Å²) in [6.45, 7) is 6.19. The van der Waals surface area contributed by atoms with Crippen molar-refractivity contribution in [3.05, 3.63) is 70.9 Å². The highest BCUT2D eigenvalue weighted by molar-refractivity contribution is 5.96. The number of aromatic nitrogens is 1. The Bertz CT molecular complexity index is 2240. The average molecular weight is 797 g/mol.